The third-order valence-corrected chi connectivity index (χ3v) is 5.40. The lowest BCUT2D eigenvalue weighted by molar-refractivity contribution is -0.118. The summed E-state index contributed by atoms with van der Waals surface area (Å²) in [6.45, 7) is 3.47. The zero-order valence-corrected chi connectivity index (χ0v) is 19.2. The molecule has 0 atom stereocenters. The highest BCUT2D eigenvalue weighted by Crippen LogP contribution is 2.32. The maximum atomic E-state index is 13.3. The van der Waals surface area contributed by atoms with Crippen molar-refractivity contribution in [2.45, 2.75) is 13.8 Å². The molecule has 168 valence electrons. The largest absolute Gasteiger partial charge is 0.495 e. The molecule has 4 aromatic rings. The Labute approximate surface area is 195 Å². The smallest absolute Gasteiger partial charge is 0.262 e. The molecule has 1 amide bonds. The van der Waals surface area contributed by atoms with Gasteiger partial charge >= 0.3 is 0 Å². The van der Waals surface area contributed by atoms with Gasteiger partial charge in [-0.1, -0.05) is 53.1 Å². The van der Waals surface area contributed by atoms with Crippen LogP contribution in [-0.4, -0.2) is 19.6 Å². The van der Waals surface area contributed by atoms with Crippen LogP contribution in [0, 0.1) is 13.8 Å². The van der Waals surface area contributed by atoms with Crippen LogP contribution in [0.25, 0.3) is 22.3 Å². The molecule has 33 heavy (non-hydrogen) atoms. The van der Waals surface area contributed by atoms with Gasteiger partial charge < -0.3 is 19.2 Å². The third-order valence-electron chi connectivity index (χ3n) is 5.10. The minimum atomic E-state index is -0.449. The fourth-order valence-corrected chi connectivity index (χ4v) is 3.65. The minimum absolute atomic E-state index is 0.0140. The molecule has 0 unspecified atom stereocenters. The monoisotopic (exact) mass is 463 g/mol. The Bertz CT molecular complexity index is 1390. The summed E-state index contributed by atoms with van der Waals surface area (Å²) in [5, 5.41) is 3.46. The molecule has 0 bridgehead atoms. The predicted molar refractivity (Wildman–Crippen MR) is 130 cm³/mol. The van der Waals surface area contributed by atoms with E-state index in [1.807, 2.05) is 44.2 Å². The van der Waals surface area contributed by atoms with E-state index in [1.54, 1.807) is 30.3 Å². The van der Waals surface area contributed by atoms with Crippen LogP contribution >= 0.6 is 11.6 Å². The minimum Gasteiger partial charge on any atom is -0.495 e. The van der Waals surface area contributed by atoms with Crippen LogP contribution in [0.15, 0.2) is 69.9 Å². The first kappa shape index (κ1) is 22.4. The van der Waals surface area contributed by atoms with Gasteiger partial charge in [0.1, 0.15) is 11.3 Å². The summed E-state index contributed by atoms with van der Waals surface area (Å²) < 4.78 is 16.9. The number of fused-ring (bicyclic) bond motifs is 1. The average Bonchev–Trinajstić information content (AvgIpc) is 2.79. The molecular weight excluding hydrogens is 442 g/mol. The van der Waals surface area contributed by atoms with Crippen molar-refractivity contribution in [3.05, 3.63) is 87.0 Å². The molecule has 1 heterocycles. The van der Waals surface area contributed by atoms with Crippen molar-refractivity contribution in [2.24, 2.45) is 0 Å². The first-order chi connectivity index (χ1) is 15.9. The van der Waals surface area contributed by atoms with Crippen molar-refractivity contribution >= 4 is 34.2 Å². The zero-order chi connectivity index (χ0) is 23.5. The Balaban J connectivity index is 1.65. The first-order valence-electron chi connectivity index (χ1n) is 10.3. The van der Waals surface area contributed by atoms with Gasteiger partial charge in [-0.25, -0.2) is 0 Å². The lowest BCUT2D eigenvalue weighted by atomic mass is 10.1. The number of methoxy groups -OCH3 is 1. The molecule has 0 saturated carbocycles. The lowest BCUT2D eigenvalue weighted by Crippen LogP contribution is -2.22. The van der Waals surface area contributed by atoms with Crippen molar-refractivity contribution in [2.75, 3.05) is 19.0 Å². The number of hydrogen-bond donors (Lipinski definition) is 1. The Morgan fingerprint density at radius 2 is 1.73 bits per heavy atom. The molecule has 0 saturated heterocycles. The van der Waals surface area contributed by atoms with E-state index in [9.17, 15) is 9.59 Å². The van der Waals surface area contributed by atoms with E-state index in [0.29, 0.717) is 33.0 Å². The van der Waals surface area contributed by atoms with E-state index in [0.717, 1.165) is 11.1 Å². The number of anilines is 1. The van der Waals surface area contributed by atoms with Gasteiger partial charge in [0.25, 0.3) is 5.91 Å². The second kappa shape index (κ2) is 9.38. The molecule has 1 aromatic heterocycles. The van der Waals surface area contributed by atoms with E-state index >= 15 is 0 Å². The van der Waals surface area contributed by atoms with Gasteiger partial charge in [-0.15, -0.1) is 0 Å². The van der Waals surface area contributed by atoms with Crippen molar-refractivity contribution in [1.29, 1.82) is 0 Å². The molecular formula is C26H22ClNO5. The van der Waals surface area contributed by atoms with Crippen LogP contribution in [-0.2, 0) is 4.79 Å². The summed E-state index contributed by atoms with van der Waals surface area (Å²) in [5.74, 6) is 0.309. The molecule has 0 radical (unpaired) electrons. The summed E-state index contributed by atoms with van der Waals surface area (Å²) in [4.78, 5) is 25.8. The molecule has 3 aromatic carbocycles. The van der Waals surface area contributed by atoms with Gasteiger partial charge in [0.15, 0.2) is 12.4 Å². The number of carbonyl (C=O) groups excluding carboxylic acids is 1. The molecule has 0 spiro atoms. The molecule has 0 aliphatic rings. The highest BCUT2D eigenvalue weighted by molar-refractivity contribution is 6.32. The normalized spacial score (nSPS) is 10.8. The number of hydrogen-bond acceptors (Lipinski definition) is 5. The number of amides is 1. The summed E-state index contributed by atoms with van der Waals surface area (Å²) in [5.41, 5.74) is 3.25. The number of nitrogens with one attached hydrogen (secondary N) is 1. The number of rotatable bonds is 6. The van der Waals surface area contributed by atoms with Crippen molar-refractivity contribution in [3.63, 3.8) is 0 Å². The van der Waals surface area contributed by atoms with E-state index in [-0.39, 0.29) is 23.5 Å². The van der Waals surface area contributed by atoms with Crippen LogP contribution in [0.2, 0.25) is 5.02 Å². The first-order valence-corrected chi connectivity index (χ1v) is 10.6. The van der Waals surface area contributed by atoms with Crippen LogP contribution in [0.5, 0.6) is 11.5 Å². The lowest BCUT2D eigenvalue weighted by Gasteiger charge is -2.13. The van der Waals surface area contributed by atoms with Gasteiger partial charge in [0.2, 0.25) is 11.2 Å². The standard InChI is InChI=1S/C26H22ClNO5/c1-15-4-7-17(8-5-15)25-26(24(30)19-12-16(2)6-10-21(19)33-25)32-14-23(29)28-18-9-11-22(31-3)20(27)13-18/h4-13H,14H2,1-3H3,(H,28,29). The molecule has 0 aliphatic carbocycles. The summed E-state index contributed by atoms with van der Waals surface area (Å²) in [6, 6.07) is 17.8. The van der Waals surface area contributed by atoms with E-state index in [2.05, 4.69) is 5.32 Å². The van der Waals surface area contributed by atoms with E-state index in [1.165, 1.54) is 7.11 Å². The number of aryl methyl sites for hydroxylation is 2. The van der Waals surface area contributed by atoms with Crippen LogP contribution in [0.4, 0.5) is 5.69 Å². The maximum absolute atomic E-state index is 13.3. The van der Waals surface area contributed by atoms with E-state index in [4.69, 9.17) is 25.5 Å². The molecule has 1 N–H and O–H groups in total. The summed E-state index contributed by atoms with van der Waals surface area (Å²) in [7, 11) is 1.51. The Kier molecular flexibility index (Phi) is 6.38. The molecule has 6 nitrogen and oxygen atoms in total. The van der Waals surface area contributed by atoms with Gasteiger partial charge in [-0.05, 0) is 44.2 Å². The number of ether oxygens (including phenoxy) is 2. The SMILES string of the molecule is COc1ccc(NC(=O)COc2c(-c3ccc(C)cc3)oc3ccc(C)cc3c2=O)cc1Cl. The molecule has 0 aliphatic heterocycles. The molecule has 4 rings (SSSR count). The van der Waals surface area contributed by atoms with Crippen LogP contribution < -0.4 is 20.2 Å². The average molecular weight is 464 g/mol. The van der Waals surface area contributed by atoms with Gasteiger partial charge in [-0.3, -0.25) is 9.59 Å². The molecule has 7 heteroatoms. The number of benzene rings is 3. The molecule has 0 fully saturated rings. The van der Waals surface area contributed by atoms with Crippen LogP contribution in [0.1, 0.15) is 11.1 Å². The van der Waals surface area contributed by atoms with Crippen molar-refractivity contribution in [3.8, 4) is 22.8 Å². The zero-order valence-electron chi connectivity index (χ0n) is 18.4. The summed E-state index contributed by atoms with van der Waals surface area (Å²) >= 11 is 6.11. The summed E-state index contributed by atoms with van der Waals surface area (Å²) in [6.07, 6.45) is 0. The van der Waals surface area contributed by atoms with Crippen LogP contribution in [0.3, 0.4) is 0 Å². The van der Waals surface area contributed by atoms with Gasteiger partial charge in [-0.2, -0.15) is 0 Å². The van der Waals surface area contributed by atoms with E-state index < -0.39 is 5.91 Å². The fourth-order valence-electron chi connectivity index (χ4n) is 3.40. The highest BCUT2D eigenvalue weighted by atomic mass is 35.5. The fraction of sp³-hybridized carbons (Fsp3) is 0.154. The Morgan fingerprint density at radius 1 is 1.00 bits per heavy atom. The van der Waals surface area contributed by atoms with Gasteiger partial charge in [0, 0.05) is 11.3 Å². The second-order valence-corrected chi connectivity index (χ2v) is 8.05. The Hall–Kier alpha value is -3.77. The second-order valence-electron chi connectivity index (χ2n) is 7.64. The third kappa shape index (κ3) is 4.86. The predicted octanol–water partition coefficient (Wildman–Crippen LogP) is 5.76. The number of carbonyl (C=O) groups is 1. The highest BCUT2D eigenvalue weighted by Gasteiger charge is 2.19. The van der Waals surface area contributed by atoms with Crippen molar-refractivity contribution < 1.29 is 18.7 Å². The van der Waals surface area contributed by atoms with Gasteiger partial charge in [0.05, 0.1) is 17.5 Å². The van der Waals surface area contributed by atoms with Crippen molar-refractivity contribution in [1.82, 2.24) is 0 Å². The topological polar surface area (TPSA) is 77.8 Å². The quantitative estimate of drug-likeness (QED) is 0.393. The maximum Gasteiger partial charge on any atom is 0.262 e. The Morgan fingerprint density at radius 3 is 2.42 bits per heavy atom. The number of halogens is 1.